The molecule has 0 saturated carbocycles. The molecule has 2 rings (SSSR count). The van der Waals surface area contributed by atoms with Crippen LogP contribution in [0.2, 0.25) is 0 Å². The first-order valence-corrected chi connectivity index (χ1v) is 7.40. The molecule has 0 aliphatic carbocycles. The molecule has 1 amide bonds. The van der Waals surface area contributed by atoms with E-state index in [-0.39, 0.29) is 18.7 Å². The van der Waals surface area contributed by atoms with E-state index in [0.717, 1.165) is 6.07 Å². The number of carbonyl (C=O) groups is 1. The number of nitrogens with one attached hydrogen (secondary N) is 2. The molecule has 1 atom stereocenters. The van der Waals surface area contributed by atoms with E-state index < -0.39 is 29.4 Å². The van der Waals surface area contributed by atoms with E-state index >= 15 is 0 Å². The third-order valence-corrected chi connectivity index (χ3v) is 3.50. The molecule has 128 valence electrons. The number of anilines is 2. The van der Waals surface area contributed by atoms with E-state index in [1.807, 2.05) is 0 Å². The Morgan fingerprint density at radius 3 is 2.58 bits per heavy atom. The molecule has 2 aromatic rings. The van der Waals surface area contributed by atoms with Gasteiger partial charge >= 0.3 is 0 Å². The summed E-state index contributed by atoms with van der Waals surface area (Å²) in [6.45, 7) is 1.94. The molecule has 0 saturated heterocycles. The van der Waals surface area contributed by atoms with Crippen LogP contribution in [0.3, 0.4) is 0 Å². The van der Waals surface area contributed by atoms with Crippen molar-refractivity contribution in [1.82, 2.24) is 5.32 Å². The van der Waals surface area contributed by atoms with Crippen LogP contribution in [-0.4, -0.2) is 12.5 Å². The summed E-state index contributed by atoms with van der Waals surface area (Å²) in [5, 5.41) is 5.39. The lowest BCUT2D eigenvalue weighted by molar-refractivity contribution is -0.116. The summed E-state index contributed by atoms with van der Waals surface area (Å²) in [4.78, 5) is 11.8. The smallest absolute Gasteiger partial charge is 0.225 e. The van der Waals surface area contributed by atoms with Gasteiger partial charge in [0.15, 0.2) is 0 Å². The van der Waals surface area contributed by atoms with Gasteiger partial charge in [-0.2, -0.15) is 0 Å². The Hall–Kier alpha value is -2.54. The van der Waals surface area contributed by atoms with Gasteiger partial charge in [0.25, 0.3) is 0 Å². The normalized spacial score (nSPS) is 12.0. The Morgan fingerprint density at radius 2 is 1.88 bits per heavy atom. The summed E-state index contributed by atoms with van der Waals surface area (Å²) >= 11 is 0. The van der Waals surface area contributed by atoms with Gasteiger partial charge in [-0.3, -0.25) is 4.79 Å². The van der Waals surface area contributed by atoms with Crippen molar-refractivity contribution in [3.8, 4) is 0 Å². The topological polar surface area (TPSA) is 67.2 Å². The maximum Gasteiger partial charge on any atom is 0.225 e. The van der Waals surface area contributed by atoms with E-state index in [9.17, 15) is 18.0 Å². The summed E-state index contributed by atoms with van der Waals surface area (Å²) < 4.78 is 40.0. The van der Waals surface area contributed by atoms with Crippen molar-refractivity contribution in [3.05, 3.63) is 59.4 Å². The number of nitrogens with two attached hydrogens (primary N) is 1. The number of nitrogen functional groups attached to an aromatic ring is 1. The summed E-state index contributed by atoms with van der Waals surface area (Å²) in [5.41, 5.74) is 6.19. The van der Waals surface area contributed by atoms with Gasteiger partial charge in [-0.05, 0) is 31.2 Å². The Labute approximate surface area is 137 Å². The van der Waals surface area contributed by atoms with Gasteiger partial charge in [0.1, 0.15) is 17.5 Å². The molecule has 0 fully saturated rings. The minimum Gasteiger partial charge on any atom is -0.399 e. The van der Waals surface area contributed by atoms with Crippen LogP contribution in [0.25, 0.3) is 0 Å². The Balaban J connectivity index is 1.85. The van der Waals surface area contributed by atoms with Crippen LogP contribution in [0.5, 0.6) is 0 Å². The predicted molar refractivity (Wildman–Crippen MR) is 86.8 cm³/mol. The molecule has 0 unspecified atom stereocenters. The zero-order chi connectivity index (χ0) is 17.7. The van der Waals surface area contributed by atoms with Crippen LogP contribution >= 0.6 is 0 Å². The van der Waals surface area contributed by atoms with Crippen LogP contribution in [0.4, 0.5) is 24.5 Å². The van der Waals surface area contributed by atoms with Crippen molar-refractivity contribution in [1.29, 1.82) is 0 Å². The first-order valence-electron chi connectivity index (χ1n) is 7.40. The molecule has 2 aromatic carbocycles. The molecule has 4 nitrogen and oxygen atoms in total. The van der Waals surface area contributed by atoms with Crippen LogP contribution < -0.4 is 16.4 Å². The number of carbonyl (C=O) groups excluding carboxylic acids is 1. The van der Waals surface area contributed by atoms with Gasteiger partial charge < -0.3 is 16.4 Å². The number of benzene rings is 2. The highest BCUT2D eigenvalue weighted by Gasteiger charge is 2.12. The molecule has 0 aliphatic heterocycles. The first kappa shape index (κ1) is 17.8. The summed E-state index contributed by atoms with van der Waals surface area (Å²) in [5.74, 6) is -2.28. The highest BCUT2D eigenvalue weighted by molar-refractivity contribution is 5.91. The molecule has 7 heteroatoms. The second kappa shape index (κ2) is 7.83. The number of amides is 1. The highest BCUT2D eigenvalue weighted by Crippen LogP contribution is 2.19. The van der Waals surface area contributed by atoms with E-state index in [0.29, 0.717) is 11.3 Å². The molecule has 0 spiro atoms. The van der Waals surface area contributed by atoms with Crippen molar-refractivity contribution in [2.75, 3.05) is 17.6 Å². The largest absolute Gasteiger partial charge is 0.399 e. The second-order valence-corrected chi connectivity index (χ2v) is 5.38. The highest BCUT2D eigenvalue weighted by atomic mass is 19.1. The molecule has 0 radical (unpaired) electrons. The lowest BCUT2D eigenvalue weighted by Gasteiger charge is -2.15. The number of rotatable bonds is 6. The Kier molecular flexibility index (Phi) is 5.81. The SMILES string of the molecule is C[C@@H](NCCC(=O)Nc1cc(N)ccc1F)c1ccc(F)cc1F. The van der Waals surface area contributed by atoms with Gasteiger partial charge in [-0.15, -0.1) is 0 Å². The molecule has 0 aliphatic rings. The molecular formula is C17H18F3N3O. The molecular weight excluding hydrogens is 319 g/mol. The molecule has 0 bridgehead atoms. The van der Waals surface area contributed by atoms with Crippen molar-refractivity contribution in [2.45, 2.75) is 19.4 Å². The third-order valence-electron chi connectivity index (χ3n) is 3.50. The van der Waals surface area contributed by atoms with E-state index in [1.54, 1.807) is 6.92 Å². The van der Waals surface area contributed by atoms with Gasteiger partial charge in [-0.1, -0.05) is 6.07 Å². The fourth-order valence-corrected chi connectivity index (χ4v) is 2.22. The molecule has 0 aromatic heterocycles. The van der Waals surface area contributed by atoms with Gasteiger partial charge in [0, 0.05) is 36.3 Å². The fraction of sp³-hybridized carbons (Fsp3) is 0.235. The zero-order valence-electron chi connectivity index (χ0n) is 13.1. The number of hydrogen-bond acceptors (Lipinski definition) is 3. The predicted octanol–water partition coefficient (Wildman–Crippen LogP) is 3.37. The number of hydrogen-bond donors (Lipinski definition) is 3. The van der Waals surface area contributed by atoms with Gasteiger partial charge in [0.05, 0.1) is 5.69 Å². The van der Waals surface area contributed by atoms with Crippen molar-refractivity contribution < 1.29 is 18.0 Å². The lowest BCUT2D eigenvalue weighted by atomic mass is 10.1. The van der Waals surface area contributed by atoms with Gasteiger partial charge in [0.2, 0.25) is 5.91 Å². The van der Waals surface area contributed by atoms with Crippen LogP contribution in [0.1, 0.15) is 24.9 Å². The Morgan fingerprint density at radius 1 is 1.12 bits per heavy atom. The van der Waals surface area contributed by atoms with Crippen LogP contribution in [0.15, 0.2) is 36.4 Å². The first-order chi connectivity index (χ1) is 11.4. The Bertz CT molecular complexity index is 737. The molecule has 0 heterocycles. The van der Waals surface area contributed by atoms with Crippen molar-refractivity contribution >= 4 is 17.3 Å². The van der Waals surface area contributed by atoms with E-state index in [1.165, 1.54) is 30.3 Å². The molecule has 24 heavy (non-hydrogen) atoms. The van der Waals surface area contributed by atoms with Gasteiger partial charge in [-0.25, -0.2) is 13.2 Å². The minimum absolute atomic E-state index is 0.0117. The maximum absolute atomic E-state index is 13.6. The maximum atomic E-state index is 13.6. The average Bonchev–Trinajstić information content (AvgIpc) is 2.50. The monoisotopic (exact) mass is 337 g/mol. The fourth-order valence-electron chi connectivity index (χ4n) is 2.22. The van der Waals surface area contributed by atoms with Crippen LogP contribution in [-0.2, 0) is 4.79 Å². The summed E-state index contributed by atoms with van der Waals surface area (Å²) in [6, 6.07) is 6.83. The number of halogens is 3. The second-order valence-electron chi connectivity index (χ2n) is 5.38. The lowest BCUT2D eigenvalue weighted by Crippen LogP contribution is -2.25. The minimum atomic E-state index is -0.652. The zero-order valence-corrected chi connectivity index (χ0v) is 13.1. The van der Waals surface area contributed by atoms with Crippen molar-refractivity contribution in [2.24, 2.45) is 0 Å². The summed E-state index contributed by atoms with van der Waals surface area (Å²) in [6.07, 6.45) is 0.0569. The standard InChI is InChI=1S/C17H18F3N3O/c1-10(13-4-2-11(18)8-15(13)20)22-7-6-17(24)23-16-9-12(21)3-5-14(16)19/h2-5,8-10,22H,6-7,21H2,1H3,(H,23,24)/t10-/m1/s1. The summed E-state index contributed by atoms with van der Waals surface area (Å²) in [7, 11) is 0. The van der Waals surface area contributed by atoms with E-state index in [4.69, 9.17) is 5.73 Å². The molecule has 4 N–H and O–H groups in total. The quantitative estimate of drug-likeness (QED) is 0.708. The van der Waals surface area contributed by atoms with E-state index in [2.05, 4.69) is 10.6 Å². The third kappa shape index (κ3) is 4.73. The average molecular weight is 337 g/mol. The van der Waals surface area contributed by atoms with Crippen LogP contribution in [0, 0.1) is 17.5 Å². The van der Waals surface area contributed by atoms with Crippen molar-refractivity contribution in [3.63, 3.8) is 0 Å².